The van der Waals surface area contributed by atoms with E-state index in [1.165, 1.54) is 0 Å². The van der Waals surface area contributed by atoms with Gasteiger partial charge in [-0.25, -0.2) is 4.39 Å². The van der Waals surface area contributed by atoms with Crippen molar-refractivity contribution in [2.24, 2.45) is 0 Å². The fraction of sp³-hybridized carbons (Fsp3) is 0.538. The number of benzene rings is 1. The maximum Gasteiger partial charge on any atom is 0.127 e. The Bertz CT molecular complexity index is 309. The average molecular weight is 209 g/mol. The van der Waals surface area contributed by atoms with Gasteiger partial charge in [0.05, 0.1) is 0 Å². The van der Waals surface area contributed by atoms with E-state index >= 15 is 0 Å². The second-order valence-corrected chi connectivity index (χ2v) is 4.01. The zero-order chi connectivity index (χ0) is 11.3. The molecule has 0 saturated heterocycles. The van der Waals surface area contributed by atoms with Crippen LogP contribution in [0.5, 0.6) is 0 Å². The summed E-state index contributed by atoms with van der Waals surface area (Å²) in [6.07, 6.45) is 3.26. The van der Waals surface area contributed by atoms with E-state index in [0.29, 0.717) is 0 Å². The maximum atomic E-state index is 13.6. The monoisotopic (exact) mass is 209 g/mol. The SMILES string of the molecule is CCCCC(NC)c1cc(C)ccc1F. The normalized spacial score (nSPS) is 12.8. The highest BCUT2D eigenvalue weighted by atomic mass is 19.1. The Hall–Kier alpha value is -0.890. The first-order valence-electron chi connectivity index (χ1n) is 5.62. The standard InChI is InChI=1S/C13H20FN/c1-4-5-6-13(15-3)11-9-10(2)7-8-12(11)14/h7-9,13,15H,4-6H2,1-3H3. The number of hydrogen-bond acceptors (Lipinski definition) is 1. The summed E-state index contributed by atoms with van der Waals surface area (Å²) in [5.74, 6) is -0.101. The van der Waals surface area contributed by atoms with E-state index in [0.717, 1.165) is 30.4 Å². The van der Waals surface area contributed by atoms with E-state index in [-0.39, 0.29) is 11.9 Å². The van der Waals surface area contributed by atoms with Crippen LogP contribution in [0.1, 0.15) is 43.4 Å². The molecule has 84 valence electrons. The Kier molecular flexibility index (Phi) is 4.76. The molecule has 0 fully saturated rings. The van der Waals surface area contributed by atoms with E-state index in [1.807, 2.05) is 26.1 Å². The highest BCUT2D eigenvalue weighted by Gasteiger charge is 2.13. The third-order valence-electron chi connectivity index (χ3n) is 2.72. The fourth-order valence-electron chi connectivity index (χ4n) is 1.79. The van der Waals surface area contributed by atoms with E-state index in [2.05, 4.69) is 12.2 Å². The lowest BCUT2D eigenvalue weighted by atomic mass is 9.99. The molecule has 0 amide bonds. The molecule has 0 saturated carbocycles. The average Bonchev–Trinajstić information content (AvgIpc) is 2.24. The molecule has 0 spiro atoms. The lowest BCUT2D eigenvalue weighted by molar-refractivity contribution is 0.491. The van der Waals surface area contributed by atoms with Crippen LogP contribution in [0, 0.1) is 12.7 Å². The van der Waals surface area contributed by atoms with Gasteiger partial charge in [-0.2, -0.15) is 0 Å². The molecule has 0 aliphatic rings. The largest absolute Gasteiger partial charge is 0.313 e. The molecule has 1 unspecified atom stereocenters. The van der Waals surface area contributed by atoms with Gasteiger partial charge in [0.15, 0.2) is 0 Å². The van der Waals surface area contributed by atoms with Crippen LogP contribution in [0.4, 0.5) is 4.39 Å². The van der Waals surface area contributed by atoms with E-state index in [1.54, 1.807) is 6.07 Å². The zero-order valence-electron chi connectivity index (χ0n) is 9.81. The van der Waals surface area contributed by atoms with Gasteiger partial charge in [0, 0.05) is 11.6 Å². The highest BCUT2D eigenvalue weighted by molar-refractivity contribution is 5.26. The van der Waals surface area contributed by atoms with Crippen LogP contribution in [-0.2, 0) is 0 Å². The van der Waals surface area contributed by atoms with Gasteiger partial charge >= 0.3 is 0 Å². The summed E-state index contributed by atoms with van der Waals surface area (Å²) in [5.41, 5.74) is 1.91. The van der Waals surface area contributed by atoms with Crippen LogP contribution < -0.4 is 5.32 Å². The van der Waals surface area contributed by atoms with Gasteiger partial charge in [-0.3, -0.25) is 0 Å². The van der Waals surface area contributed by atoms with Crippen molar-refractivity contribution in [3.05, 3.63) is 35.1 Å². The Balaban J connectivity index is 2.85. The molecule has 0 bridgehead atoms. The Labute approximate surface area is 91.7 Å². The molecule has 1 nitrogen and oxygen atoms in total. The number of nitrogens with one attached hydrogen (secondary N) is 1. The molecule has 1 rings (SSSR count). The molecule has 0 aliphatic carbocycles. The van der Waals surface area contributed by atoms with Crippen LogP contribution in [0.25, 0.3) is 0 Å². The molecular weight excluding hydrogens is 189 g/mol. The smallest absolute Gasteiger partial charge is 0.127 e. The summed E-state index contributed by atoms with van der Waals surface area (Å²) >= 11 is 0. The molecular formula is C13H20FN. The Morgan fingerprint density at radius 3 is 2.73 bits per heavy atom. The third-order valence-corrected chi connectivity index (χ3v) is 2.72. The maximum absolute atomic E-state index is 13.6. The molecule has 0 aliphatic heterocycles. The van der Waals surface area contributed by atoms with Crippen molar-refractivity contribution in [1.29, 1.82) is 0 Å². The Morgan fingerprint density at radius 2 is 2.13 bits per heavy atom. The van der Waals surface area contributed by atoms with Gasteiger partial charge < -0.3 is 5.32 Å². The van der Waals surface area contributed by atoms with E-state index in [9.17, 15) is 4.39 Å². The van der Waals surface area contributed by atoms with Gasteiger partial charge in [0.1, 0.15) is 5.82 Å². The zero-order valence-corrected chi connectivity index (χ0v) is 9.81. The first kappa shape index (κ1) is 12.2. The molecule has 1 N–H and O–H groups in total. The molecule has 0 radical (unpaired) electrons. The van der Waals surface area contributed by atoms with Gasteiger partial charge in [-0.1, -0.05) is 37.5 Å². The van der Waals surface area contributed by atoms with E-state index < -0.39 is 0 Å². The van der Waals surface area contributed by atoms with Gasteiger partial charge in [-0.05, 0) is 26.5 Å². The molecule has 1 aromatic carbocycles. The highest BCUT2D eigenvalue weighted by Crippen LogP contribution is 2.22. The van der Waals surface area contributed by atoms with Crippen LogP contribution in [0.3, 0.4) is 0 Å². The summed E-state index contributed by atoms with van der Waals surface area (Å²) in [6, 6.07) is 5.45. The second-order valence-electron chi connectivity index (χ2n) is 4.01. The summed E-state index contributed by atoms with van der Waals surface area (Å²) < 4.78 is 13.6. The number of aryl methyl sites for hydroxylation is 1. The minimum absolute atomic E-state index is 0.101. The topological polar surface area (TPSA) is 12.0 Å². The van der Waals surface area contributed by atoms with Crippen molar-refractivity contribution in [2.45, 2.75) is 39.2 Å². The van der Waals surface area contributed by atoms with E-state index in [4.69, 9.17) is 0 Å². The summed E-state index contributed by atoms with van der Waals surface area (Å²) in [5, 5.41) is 3.18. The molecule has 0 heterocycles. The quantitative estimate of drug-likeness (QED) is 0.781. The summed E-state index contributed by atoms with van der Waals surface area (Å²) in [4.78, 5) is 0. The van der Waals surface area contributed by atoms with Crippen LogP contribution >= 0.6 is 0 Å². The molecule has 1 atom stereocenters. The number of halogens is 1. The third kappa shape index (κ3) is 3.31. The van der Waals surface area contributed by atoms with Crippen LogP contribution in [-0.4, -0.2) is 7.05 Å². The first-order chi connectivity index (χ1) is 7.19. The molecule has 2 heteroatoms. The molecule has 1 aromatic rings. The van der Waals surface area contributed by atoms with Crippen LogP contribution in [0.15, 0.2) is 18.2 Å². The van der Waals surface area contributed by atoms with Crippen molar-refractivity contribution in [3.8, 4) is 0 Å². The van der Waals surface area contributed by atoms with Crippen LogP contribution in [0.2, 0.25) is 0 Å². The molecule has 15 heavy (non-hydrogen) atoms. The van der Waals surface area contributed by atoms with Gasteiger partial charge in [0.25, 0.3) is 0 Å². The predicted octanol–water partition coefficient (Wildman–Crippen LogP) is 3.58. The van der Waals surface area contributed by atoms with Crippen molar-refractivity contribution in [3.63, 3.8) is 0 Å². The minimum atomic E-state index is -0.101. The number of rotatable bonds is 5. The van der Waals surface area contributed by atoms with Crippen molar-refractivity contribution < 1.29 is 4.39 Å². The van der Waals surface area contributed by atoms with Crippen molar-refractivity contribution in [2.75, 3.05) is 7.05 Å². The second kappa shape index (κ2) is 5.86. The van der Waals surface area contributed by atoms with Crippen molar-refractivity contribution >= 4 is 0 Å². The lowest BCUT2D eigenvalue weighted by Gasteiger charge is -2.17. The number of hydrogen-bond donors (Lipinski definition) is 1. The molecule has 0 aromatic heterocycles. The first-order valence-corrected chi connectivity index (χ1v) is 5.62. The van der Waals surface area contributed by atoms with Crippen molar-refractivity contribution in [1.82, 2.24) is 5.32 Å². The van der Waals surface area contributed by atoms with Gasteiger partial charge in [0.2, 0.25) is 0 Å². The summed E-state index contributed by atoms with van der Waals surface area (Å²) in [6.45, 7) is 4.15. The Morgan fingerprint density at radius 1 is 1.40 bits per heavy atom. The lowest BCUT2D eigenvalue weighted by Crippen LogP contribution is -2.17. The summed E-state index contributed by atoms with van der Waals surface area (Å²) in [7, 11) is 1.89. The number of unbranched alkanes of at least 4 members (excludes halogenated alkanes) is 1. The van der Waals surface area contributed by atoms with Gasteiger partial charge in [-0.15, -0.1) is 0 Å². The predicted molar refractivity (Wildman–Crippen MR) is 62.5 cm³/mol. The fourth-order valence-corrected chi connectivity index (χ4v) is 1.79. The minimum Gasteiger partial charge on any atom is -0.313 e.